The maximum absolute atomic E-state index is 10.2. The molecule has 0 aliphatic carbocycles. The van der Waals surface area contributed by atoms with Gasteiger partial charge in [-0.15, -0.1) is 0 Å². The van der Waals surface area contributed by atoms with Crippen molar-refractivity contribution in [3.05, 3.63) is 0 Å². The van der Waals surface area contributed by atoms with Gasteiger partial charge >= 0.3 is 0 Å². The Balaban J connectivity index is 3.92. The first-order valence-electron chi connectivity index (χ1n) is 1.99. The minimum Gasteiger partial charge on any atom is -0.359 e. The lowest BCUT2D eigenvalue weighted by molar-refractivity contribution is -0.108. The van der Waals surface area contributed by atoms with Gasteiger partial charge < -0.3 is 5.73 Å². The summed E-state index contributed by atoms with van der Waals surface area (Å²) in [6.07, 6.45) is 0. The minimum atomic E-state index is -0.435. The van der Waals surface area contributed by atoms with Gasteiger partial charge in [-0.1, -0.05) is 5.92 Å². The van der Waals surface area contributed by atoms with Crippen LogP contribution in [0.5, 0.6) is 0 Å². The molecular formula is C6H5NO. The van der Waals surface area contributed by atoms with Crippen molar-refractivity contribution in [1.82, 2.24) is 0 Å². The molecule has 0 aromatic carbocycles. The SMILES string of the molecule is CC#CC(=O)C#CN. The summed E-state index contributed by atoms with van der Waals surface area (Å²) >= 11 is 0. The molecule has 0 amide bonds. The van der Waals surface area contributed by atoms with Gasteiger partial charge in [-0.2, -0.15) is 0 Å². The number of hydrogen-bond acceptors (Lipinski definition) is 2. The van der Waals surface area contributed by atoms with Crippen molar-refractivity contribution in [2.24, 2.45) is 5.73 Å². The van der Waals surface area contributed by atoms with E-state index in [-0.39, 0.29) is 0 Å². The van der Waals surface area contributed by atoms with Crippen LogP contribution in [0.15, 0.2) is 0 Å². The highest BCUT2D eigenvalue weighted by Crippen LogP contribution is 1.59. The topological polar surface area (TPSA) is 43.1 Å². The average molecular weight is 107 g/mol. The van der Waals surface area contributed by atoms with E-state index >= 15 is 0 Å². The molecule has 0 aromatic rings. The number of rotatable bonds is 0. The molecule has 0 unspecified atom stereocenters. The Bertz CT molecular complexity index is 174. The van der Waals surface area contributed by atoms with E-state index in [9.17, 15) is 4.79 Å². The maximum atomic E-state index is 10.2. The van der Waals surface area contributed by atoms with Crippen molar-refractivity contribution in [2.45, 2.75) is 6.92 Å². The van der Waals surface area contributed by atoms with E-state index in [1.165, 1.54) is 0 Å². The van der Waals surface area contributed by atoms with Crippen LogP contribution in [0.3, 0.4) is 0 Å². The van der Waals surface area contributed by atoms with Crippen LogP contribution in [0.4, 0.5) is 0 Å². The highest BCUT2D eigenvalue weighted by atomic mass is 16.1. The predicted molar refractivity (Wildman–Crippen MR) is 30.4 cm³/mol. The molecule has 2 nitrogen and oxygen atoms in total. The van der Waals surface area contributed by atoms with Crippen LogP contribution >= 0.6 is 0 Å². The Morgan fingerprint density at radius 3 is 2.50 bits per heavy atom. The van der Waals surface area contributed by atoms with Gasteiger partial charge in [0.1, 0.15) is 0 Å². The smallest absolute Gasteiger partial charge is 0.280 e. The molecule has 0 saturated carbocycles. The normalized spacial score (nSPS) is 5.12. The van der Waals surface area contributed by atoms with Crippen LogP contribution in [-0.2, 0) is 4.79 Å². The van der Waals surface area contributed by atoms with E-state index in [1.807, 2.05) is 6.04 Å². The van der Waals surface area contributed by atoms with Crippen molar-refractivity contribution in [3.63, 3.8) is 0 Å². The summed E-state index contributed by atoms with van der Waals surface area (Å²) in [5.41, 5.74) is 4.71. The van der Waals surface area contributed by atoms with Gasteiger partial charge in [-0.05, 0) is 12.8 Å². The van der Waals surface area contributed by atoms with Crippen molar-refractivity contribution < 1.29 is 4.79 Å². The van der Waals surface area contributed by atoms with E-state index in [0.29, 0.717) is 0 Å². The summed E-state index contributed by atoms with van der Waals surface area (Å²) in [6, 6.07) is 1.95. The molecule has 0 atom stereocenters. The summed E-state index contributed by atoms with van der Waals surface area (Å²) in [5, 5.41) is 0. The molecule has 0 spiro atoms. The fourth-order valence-corrected chi connectivity index (χ4v) is 0.210. The second-order valence-electron chi connectivity index (χ2n) is 0.973. The summed E-state index contributed by atoms with van der Waals surface area (Å²) in [7, 11) is 0. The largest absolute Gasteiger partial charge is 0.359 e. The Labute approximate surface area is 48.1 Å². The molecule has 0 fully saturated rings. The molecule has 0 aromatic heterocycles. The van der Waals surface area contributed by atoms with E-state index in [0.717, 1.165) is 0 Å². The first-order chi connectivity index (χ1) is 3.81. The number of carbonyl (C=O) groups excluding carboxylic acids is 1. The molecule has 40 valence electrons. The van der Waals surface area contributed by atoms with Crippen LogP contribution in [-0.4, -0.2) is 5.78 Å². The van der Waals surface area contributed by atoms with E-state index < -0.39 is 5.78 Å². The van der Waals surface area contributed by atoms with Crippen LogP contribution in [0.1, 0.15) is 6.92 Å². The van der Waals surface area contributed by atoms with Gasteiger partial charge in [0.05, 0.1) is 0 Å². The quantitative estimate of drug-likeness (QED) is 0.257. The van der Waals surface area contributed by atoms with E-state index in [1.54, 1.807) is 6.92 Å². The predicted octanol–water partition coefficient (Wildman–Crippen LogP) is -0.502. The van der Waals surface area contributed by atoms with E-state index in [4.69, 9.17) is 5.73 Å². The Morgan fingerprint density at radius 2 is 2.12 bits per heavy atom. The Hall–Kier alpha value is -1.41. The first kappa shape index (κ1) is 6.59. The molecule has 0 saturated heterocycles. The highest BCUT2D eigenvalue weighted by molar-refractivity contribution is 6.08. The van der Waals surface area contributed by atoms with Gasteiger partial charge in [-0.25, -0.2) is 0 Å². The number of ketones is 1. The molecule has 0 radical (unpaired) electrons. The standard InChI is InChI=1S/C6H5NO/c1-2-3-6(8)4-5-7/h7H2,1H3. The van der Waals surface area contributed by atoms with Crippen LogP contribution < -0.4 is 5.73 Å². The lowest BCUT2D eigenvalue weighted by Gasteiger charge is -1.65. The van der Waals surface area contributed by atoms with Crippen molar-refractivity contribution in [2.75, 3.05) is 0 Å². The number of hydrogen-bond donors (Lipinski definition) is 1. The summed E-state index contributed by atoms with van der Waals surface area (Å²) in [6.45, 7) is 1.57. The van der Waals surface area contributed by atoms with Gasteiger partial charge in [0, 0.05) is 12.0 Å². The lowest BCUT2D eigenvalue weighted by Crippen LogP contribution is -1.88. The number of nitrogens with two attached hydrogens (primary N) is 1. The zero-order valence-corrected chi connectivity index (χ0v) is 4.49. The zero-order valence-electron chi connectivity index (χ0n) is 4.49. The van der Waals surface area contributed by atoms with Gasteiger partial charge in [0.2, 0.25) is 0 Å². The monoisotopic (exact) mass is 107 g/mol. The summed E-state index contributed by atoms with van der Waals surface area (Å²) in [5.74, 6) is 6.23. The molecule has 0 aliphatic heterocycles. The molecule has 8 heavy (non-hydrogen) atoms. The van der Waals surface area contributed by atoms with Crippen LogP contribution in [0, 0.1) is 23.8 Å². The molecular weight excluding hydrogens is 102 g/mol. The van der Waals surface area contributed by atoms with Crippen LogP contribution in [0.25, 0.3) is 0 Å². The number of carbonyl (C=O) groups is 1. The van der Waals surface area contributed by atoms with Gasteiger partial charge in [0.15, 0.2) is 0 Å². The van der Waals surface area contributed by atoms with Crippen molar-refractivity contribution >= 4 is 5.78 Å². The second-order valence-corrected chi connectivity index (χ2v) is 0.973. The molecule has 0 aliphatic rings. The lowest BCUT2D eigenvalue weighted by atomic mass is 10.4. The molecule has 0 heterocycles. The Morgan fingerprint density at radius 1 is 1.50 bits per heavy atom. The second kappa shape index (κ2) is 3.77. The first-order valence-corrected chi connectivity index (χ1v) is 1.99. The summed E-state index contributed by atoms with van der Waals surface area (Å²) in [4.78, 5) is 10.2. The zero-order chi connectivity index (χ0) is 6.41. The van der Waals surface area contributed by atoms with Crippen LogP contribution in [0.2, 0.25) is 0 Å². The fourth-order valence-electron chi connectivity index (χ4n) is 0.210. The van der Waals surface area contributed by atoms with Gasteiger partial charge in [-0.3, -0.25) is 4.79 Å². The fraction of sp³-hybridized carbons (Fsp3) is 0.167. The highest BCUT2D eigenvalue weighted by Gasteiger charge is 1.81. The minimum absolute atomic E-state index is 0.435. The molecule has 2 N–H and O–H groups in total. The number of Topliss-reactive ketones (excluding diaryl/α,β-unsaturated/α-hetero) is 1. The van der Waals surface area contributed by atoms with E-state index in [2.05, 4.69) is 17.8 Å². The third kappa shape index (κ3) is 2.81. The molecule has 2 heteroatoms. The Kier molecular flexibility index (Phi) is 3.10. The molecule has 0 rings (SSSR count). The molecule has 0 bridgehead atoms. The summed E-state index contributed by atoms with van der Waals surface area (Å²) < 4.78 is 0. The van der Waals surface area contributed by atoms with Gasteiger partial charge in [0.25, 0.3) is 5.78 Å². The average Bonchev–Trinajstić information content (AvgIpc) is 1.68. The van der Waals surface area contributed by atoms with Crippen molar-refractivity contribution in [1.29, 1.82) is 0 Å². The maximum Gasteiger partial charge on any atom is 0.280 e. The third-order valence-corrected chi connectivity index (χ3v) is 0.424. The third-order valence-electron chi connectivity index (χ3n) is 0.424. The van der Waals surface area contributed by atoms with Crippen molar-refractivity contribution in [3.8, 4) is 23.8 Å².